The highest BCUT2D eigenvalue weighted by molar-refractivity contribution is 7.26. The number of rotatable bonds is 7. The number of anilines is 3. The molecule has 0 N–H and O–H groups in total. The van der Waals surface area contributed by atoms with Gasteiger partial charge in [0.2, 0.25) is 0 Å². The molecule has 0 spiro atoms. The normalized spacial score (nSPS) is 11.5. The Bertz CT molecular complexity index is 3230. The molecule has 57 heavy (non-hydrogen) atoms. The number of para-hydroxylation sites is 3. The molecule has 11 aromatic rings. The van der Waals surface area contributed by atoms with Crippen LogP contribution in [0.3, 0.4) is 0 Å². The van der Waals surface area contributed by atoms with Gasteiger partial charge in [-0.3, -0.25) is 0 Å². The maximum absolute atomic E-state index is 2.48. The summed E-state index contributed by atoms with van der Waals surface area (Å²) in [5.74, 6) is 0. The molecule has 0 aliphatic heterocycles. The van der Waals surface area contributed by atoms with Gasteiger partial charge in [-0.1, -0.05) is 170 Å². The van der Waals surface area contributed by atoms with Crippen molar-refractivity contribution in [2.75, 3.05) is 4.90 Å². The van der Waals surface area contributed by atoms with Crippen molar-refractivity contribution < 1.29 is 0 Å². The van der Waals surface area contributed by atoms with Crippen LogP contribution in [0.25, 0.3) is 81.0 Å². The van der Waals surface area contributed by atoms with Gasteiger partial charge in [0.15, 0.2) is 0 Å². The molecule has 0 saturated carbocycles. The molecule has 0 radical (unpaired) electrons. The molecular formula is C54H36N2S. The average molecular weight is 745 g/mol. The van der Waals surface area contributed by atoms with Gasteiger partial charge in [-0.05, 0) is 65.2 Å². The monoisotopic (exact) mass is 744 g/mol. The second kappa shape index (κ2) is 13.8. The molecule has 2 aromatic heterocycles. The lowest BCUT2D eigenvalue weighted by molar-refractivity contribution is 1.18. The van der Waals surface area contributed by atoms with E-state index >= 15 is 0 Å². The minimum atomic E-state index is 1.11. The van der Waals surface area contributed by atoms with Crippen molar-refractivity contribution in [2.24, 2.45) is 0 Å². The van der Waals surface area contributed by atoms with Crippen molar-refractivity contribution in [1.29, 1.82) is 0 Å². The van der Waals surface area contributed by atoms with E-state index in [9.17, 15) is 0 Å². The highest BCUT2D eigenvalue weighted by atomic mass is 32.1. The number of thiophene rings is 1. The molecule has 2 heterocycles. The van der Waals surface area contributed by atoms with E-state index in [1.807, 2.05) is 11.3 Å². The fourth-order valence-electron chi connectivity index (χ4n) is 8.78. The zero-order valence-electron chi connectivity index (χ0n) is 31.1. The summed E-state index contributed by atoms with van der Waals surface area (Å²) in [6.45, 7) is 0. The number of hydrogen-bond acceptors (Lipinski definition) is 2. The third-order valence-corrected chi connectivity index (χ3v) is 12.4. The van der Waals surface area contributed by atoms with Gasteiger partial charge in [-0.25, -0.2) is 0 Å². The summed E-state index contributed by atoms with van der Waals surface area (Å²) in [6.07, 6.45) is 0. The Balaban J connectivity index is 1.21. The Hall–Kier alpha value is -7.20. The molecule has 0 saturated heterocycles. The van der Waals surface area contributed by atoms with Gasteiger partial charge in [0.1, 0.15) is 0 Å². The predicted molar refractivity (Wildman–Crippen MR) is 245 cm³/mol. The van der Waals surface area contributed by atoms with E-state index in [4.69, 9.17) is 0 Å². The van der Waals surface area contributed by atoms with Crippen LogP contribution in [0.5, 0.6) is 0 Å². The zero-order chi connectivity index (χ0) is 37.7. The minimum Gasteiger partial charge on any atom is -0.309 e. The second-order valence-electron chi connectivity index (χ2n) is 14.4. The number of hydrogen-bond donors (Lipinski definition) is 0. The third kappa shape index (κ3) is 5.47. The van der Waals surface area contributed by atoms with E-state index in [0.29, 0.717) is 0 Å². The topological polar surface area (TPSA) is 8.17 Å². The molecule has 0 aliphatic carbocycles. The Morgan fingerprint density at radius 3 is 1.75 bits per heavy atom. The van der Waals surface area contributed by atoms with Crippen LogP contribution in [-0.4, -0.2) is 4.57 Å². The van der Waals surface area contributed by atoms with Crippen molar-refractivity contribution in [1.82, 2.24) is 4.57 Å². The number of benzene rings is 9. The fourth-order valence-corrected chi connectivity index (χ4v) is 10.0. The van der Waals surface area contributed by atoms with Crippen LogP contribution in [0, 0.1) is 0 Å². The maximum Gasteiger partial charge on any atom is 0.0562 e. The summed E-state index contributed by atoms with van der Waals surface area (Å²) in [7, 11) is 0. The molecule has 9 aromatic carbocycles. The lowest BCUT2D eigenvalue weighted by Crippen LogP contribution is -2.11. The summed E-state index contributed by atoms with van der Waals surface area (Å²) in [5.41, 5.74) is 14.1. The summed E-state index contributed by atoms with van der Waals surface area (Å²) in [6, 6.07) is 79.3. The lowest BCUT2D eigenvalue weighted by atomic mass is 9.93. The molecule has 268 valence electrons. The Kier molecular flexibility index (Phi) is 8.04. The number of fused-ring (bicyclic) bond motifs is 6. The maximum atomic E-state index is 2.48. The van der Waals surface area contributed by atoms with E-state index in [-0.39, 0.29) is 0 Å². The van der Waals surface area contributed by atoms with Gasteiger partial charge in [-0.15, -0.1) is 11.3 Å². The standard InChI is InChI=1S/C54H36N2S/c1-4-19-37(20-5-1)40-28-17-33-48(52(40)38-21-6-2-7-22-38)56-47-32-14-11-27-45(47)53-49(34-18-35-50(53)56)55(39-23-8-3-9-24-39)46-31-13-10-25-41(46)43-29-16-30-44-42-26-12-15-36-51(42)57-54(43)44/h1-36H. The molecule has 0 aliphatic rings. The molecule has 11 rings (SSSR count). The van der Waals surface area contributed by atoms with E-state index in [1.165, 1.54) is 69.8 Å². The van der Waals surface area contributed by atoms with Crippen LogP contribution < -0.4 is 4.90 Å². The zero-order valence-corrected chi connectivity index (χ0v) is 31.9. The molecule has 2 nitrogen and oxygen atoms in total. The van der Waals surface area contributed by atoms with Crippen molar-refractivity contribution in [3.8, 4) is 39.1 Å². The minimum absolute atomic E-state index is 1.11. The first-order chi connectivity index (χ1) is 28.3. The van der Waals surface area contributed by atoms with Crippen LogP contribution in [0.1, 0.15) is 0 Å². The highest BCUT2D eigenvalue weighted by Gasteiger charge is 2.25. The first kappa shape index (κ1) is 33.2. The van der Waals surface area contributed by atoms with Gasteiger partial charge in [0, 0.05) is 53.3 Å². The second-order valence-corrected chi connectivity index (χ2v) is 15.5. The van der Waals surface area contributed by atoms with Crippen molar-refractivity contribution in [3.63, 3.8) is 0 Å². The van der Waals surface area contributed by atoms with Crippen molar-refractivity contribution in [2.45, 2.75) is 0 Å². The van der Waals surface area contributed by atoms with Gasteiger partial charge < -0.3 is 9.47 Å². The summed E-state index contributed by atoms with van der Waals surface area (Å²) >= 11 is 1.88. The Morgan fingerprint density at radius 2 is 0.930 bits per heavy atom. The van der Waals surface area contributed by atoms with E-state index < -0.39 is 0 Å². The van der Waals surface area contributed by atoms with Gasteiger partial charge in [-0.2, -0.15) is 0 Å². The van der Waals surface area contributed by atoms with Crippen LogP contribution in [0.2, 0.25) is 0 Å². The van der Waals surface area contributed by atoms with E-state index in [1.54, 1.807) is 0 Å². The Labute approximate surface area is 335 Å². The molecule has 0 unspecified atom stereocenters. The summed E-state index contributed by atoms with van der Waals surface area (Å²) < 4.78 is 5.09. The van der Waals surface area contributed by atoms with Crippen LogP contribution >= 0.6 is 11.3 Å². The van der Waals surface area contributed by atoms with E-state index in [0.717, 1.165) is 28.3 Å². The van der Waals surface area contributed by atoms with Gasteiger partial charge in [0.25, 0.3) is 0 Å². The lowest BCUT2D eigenvalue weighted by Gasteiger charge is -2.29. The van der Waals surface area contributed by atoms with Gasteiger partial charge in [0.05, 0.1) is 28.1 Å². The molecule has 0 amide bonds. The number of nitrogens with zero attached hydrogens (tertiary/aromatic N) is 2. The highest BCUT2D eigenvalue weighted by Crippen LogP contribution is 2.49. The largest absolute Gasteiger partial charge is 0.309 e. The van der Waals surface area contributed by atoms with Crippen molar-refractivity contribution >= 4 is 70.4 Å². The number of aromatic nitrogens is 1. The van der Waals surface area contributed by atoms with Crippen molar-refractivity contribution in [3.05, 3.63) is 218 Å². The van der Waals surface area contributed by atoms with Crippen LogP contribution in [0.15, 0.2) is 218 Å². The summed E-state index contributed by atoms with van der Waals surface area (Å²) in [4.78, 5) is 2.47. The molecule has 0 bridgehead atoms. The van der Waals surface area contributed by atoms with Crippen LogP contribution in [-0.2, 0) is 0 Å². The smallest absolute Gasteiger partial charge is 0.0562 e. The Morgan fingerprint density at radius 1 is 0.368 bits per heavy atom. The SMILES string of the molecule is c1ccc(-c2cccc(-n3c4ccccc4c4c(N(c5ccccc5)c5ccccc5-c5cccc6c5sc5ccccc56)cccc43)c2-c2ccccc2)cc1. The first-order valence-corrected chi connectivity index (χ1v) is 20.3. The predicted octanol–water partition coefficient (Wildman–Crippen LogP) is 15.6. The molecule has 0 atom stereocenters. The van der Waals surface area contributed by atoms with Gasteiger partial charge >= 0.3 is 0 Å². The average Bonchev–Trinajstić information content (AvgIpc) is 3.84. The molecule has 3 heteroatoms. The molecular weight excluding hydrogens is 709 g/mol. The molecule has 0 fully saturated rings. The summed E-state index contributed by atoms with van der Waals surface area (Å²) in [5, 5.41) is 5.01. The fraction of sp³-hybridized carbons (Fsp3) is 0. The first-order valence-electron chi connectivity index (χ1n) is 19.4. The van der Waals surface area contributed by atoms with Crippen LogP contribution in [0.4, 0.5) is 17.1 Å². The quantitative estimate of drug-likeness (QED) is 0.158. The third-order valence-electron chi connectivity index (χ3n) is 11.2. The van der Waals surface area contributed by atoms with E-state index in [2.05, 4.69) is 228 Å².